The van der Waals surface area contributed by atoms with Crippen LogP contribution in [-0.4, -0.2) is 46.9 Å². The molecule has 0 spiro atoms. The molecule has 0 saturated heterocycles. The van der Waals surface area contributed by atoms with Crippen molar-refractivity contribution in [3.05, 3.63) is 0 Å². The highest BCUT2D eigenvalue weighted by Gasteiger charge is 2.45. The first-order valence-corrected chi connectivity index (χ1v) is 13.1. The molecule has 0 aromatic rings. The monoisotopic (exact) mass is 486 g/mol. The van der Waals surface area contributed by atoms with Crippen LogP contribution in [0.25, 0.3) is 0 Å². The Morgan fingerprint density at radius 2 is 0.912 bits per heavy atom. The first-order valence-electron chi connectivity index (χ1n) is 13.1. The highest BCUT2D eigenvalue weighted by molar-refractivity contribution is 5.90. The molecule has 34 heavy (non-hydrogen) atoms. The van der Waals surface area contributed by atoms with Crippen molar-refractivity contribution in [1.29, 1.82) is 0 Å². The maximum Gasteiger partial charge on any atom is 0.339 e. The Labute approximate surface area is 207 Å². The van der Waals surface area contributed by atoms with Gasteiger partial charge < -0.3 is 19.3 Å². The Bertz CT molecular complexity index is 584. The van der Waals surface area contributed by atoms with Crippen LogP contribution in [0.1, 0.15) is 114 Å². The van der Waals surface area contributed by atoms with Gasteiger partial charge in [-0.3, -0.25) is 9.59 Å². The van der Waals surface area contributed by atoms with Gasteiger partial charge in [0.2, 0.25) is 0 Å². The highest BCUT2D eigenvalue weighted by atomic mass is 16.6. The quantitative estimate of drug-likeness (QED) is 0.211. The van der Waals surface area contributed by atoms with Gasteiger partial charge in [0.05, 0.1) is 12.8 Å². The lowest BCUT2D eigenvalue weighted by atomic mass is 9.94. The molecule has 0 aromatic heterocycles. The molecule has 0 saturated carbocycles. The number of aliphatic hydroxyl groups is 1. The van der Waals surface area contributed by atoms with Crippen molar-refractivity contribution < 1.29 is 33.7 Å². The van der Waals surface area contributed by atoms with Gasteiger partial charge >= 0.3 is 17.9 Å². The van der Waals surface area contributed by atoms with Crippen LogP contribution in [0.3, 0.4) is 0 Å². The molecule has 0 heterocycles. The van der Waals surface area contributed by atoms with Crippen LogP contribution in [0.5, 0.6) is 0 Å². The Morgan fingerprint density at radius 3 is 1.21 bits per heavy atom. The summed E-state index contributed by atoms with van der Waals surface area (Å²) in [6, 6.07) is 0. The van der Waals surface area contributed by atoms with E-state index in [1.807, 2.05) is 27.7 Å². The molecule has 0 aliphatic carbocycles. The summed E-state index contributed by atoms with van der Waals surface area (Å²) in [4.78, 5) is 38.3. The molecule has 6 unspecified atom stereocenters. The van der Waals surface area contributed by atoms with Crippen LogP contribution < -0.4 is 0 Å². The predicted octanol–water partition coefficient (Wildman–Crippen LogP) is 5.60. The summed E-state index contributed by atoms with van der Waals surface area (Å²) in [5.41, 5.74) is -2.35. The fourth-order valence-electron chi connectivity index (χ4n) is 3.88. The topological polar surface area (TPSA) is 99.1 Å². The number of carbonyl (C=O) groups is 3. The normalized spacial score (nSPS) is 18.5. The van der Waals surface area contributed by atoms with Crippen LogP contribution in [0.15, 0.2) is 0 Å². The fraction of sp³-hybridized carbons (Fsp3) is 0.889. The van der Waals surface area contributed by atoms with E-state index >= 15 is 0 Å². The van der Waals surface area contributed by atoms with Crippen molar-refractivity contribution in [2.75, 3.05) is 0 Å². The van der Waals surface area contributed by atoms with E-state index in [-0.39, 0.29) is 30.0 Å². The first-order chi connectivity index (χ1) is 15.8. The molecule has 0 radical (unpaired) electrons. The molecule has 1 N–H and O–H groups in total. The van der Waals surface area contributed by atoms with Gasteiger partial charge in [0, 0.05) is 0 Å². The van der Waals surface area contributed by atoms with Gasteiger partial charge in [-0.1, -0.05) is 60.8 Å². The third-order valence-electron chi connectivity index (χ3n) is 6.82. The van der Waals surface area contributed by atoms with E-state index in [9.17, 15) is 19.5 Å². The van der Waals surface area contributed by atoms with Gasteiger partial charge in [0.25, 0.3) is 0 Å². The number of hydrogen-bond donors (Lipinski definition) is 1. The first kappa shape index (κ1) is 32.4. The molecule has 7 heteroatoms. The molecule has 0 aliphatic rings. The standard InChI is InChI=1S/C27H50O7/c1-10-13-18(4)21(7)32-24(28)16-27(31,26(30)34-23(9)20(6)15-12-3)17-25(29)33-22(8)19(5)14-11-2/h18-23,31H,10-17H2,1-9H3. The minimum Gasteiger partial charge on any atom is -0.462 e. The van der Waals surface area contributed by atoms with Gasteiger partial charge in [-0.25, -0.2) is 4.79 Å². The Hall–Kier alpha value is -1.63. The summed E-state index contributed by atoms with van der Waals surface area (Å²) in [5.74, 6) is -2.15. The van der Waals surface area contributed by atoms with Gasteiger partial charge in [-0.15, -0.1) is 0 Å². The third kappa shape index (κ3) is 11.7. The zero-order chi connectivity index (χ0) is 26.5. The molecule has 0 fully saturated rings. The van der Waals surface area contributed by atoms with E-state index in [0.29, 0.717) is 0 Å². The van der Waals surface area contributed by atoms with E-state index in [2.05, 4.69) is 13.8 Å². The van der Waals surface area contributed by atoms with Crippen molar-refractivity contribution in [3.63, 3.8) is 0 Å². The van der Waals surface area contributed by atoms with Gasteiger partial charge in [0.1, 0.15) is 18.3 Å². The second-order valence-corrected chi connectivity index (χ2v) is 10.2. The van der Waals surface area contributed by atoms with E-state index in [1.165, 1.54) is 0 Å². The summed E-state index contributed by atoms with van der Waals surface area (Å²) >= 11 is 0. The average molecular weight is 487 g/mol. The van der Waals surface area contributed by atoms with Crippen LogP contribution in [0, 0.1) is 17.8 Å². The van der Waals surface area contributed by atoms with E-state index in [4.69, 9.17) is 14.2 Å². The van der Waals surface area contributed by atoms with E-state index in [1.54, 1.807) is 20.8 Å². The fourth-order valence-corrected chi connectivity index (χ4v) is 3.88. The van der Waals surface area contributed by atoms with Gasteiger partial charge in [-0.05, 0) is 57.8 Å². The molecule has 0 aromatic carbocycles. The summed E-state index contributed by atoms with van der Waals surface area (Å²) < 4.78 is 16.5. The largest absolute Gasteiger partial charge is 0.462 e. The molecule has 6 atom stereocenters. The number of esters is 3. The van der Waals surface area contributed by atoms with Crippen molar-refractivity contribution >= 4 is 17.9 Å². The number of carbonyl (C=O) groups excluding carboxylic acids is 3. The lowest BCUT2D eigenvalue weighted by Gasteiger charge is -2.30. The average Bonchev–Trinajstić information content (AvgIpc) is 2.73. The van der Waals surface area contributed by atoms with Crippen LogP contribution in [-0.2, 0) is 28.6 Å². The Morgan fingerprint density at radius 1 is 0.618 bits per heavy atom. The zero-order valence-electron chi connectivity index (χ0n) is 23.0. The molecule has 0 aliphatic heterocycles. The Balaban J connectivity index is 5.50. The van der Waals surface area contributed by atoms with Gasteiger partial charge in [0.15, 0.2) is 5.60 Å². The molecule has 0 amide bonds. The summed E-state index contributed by atoms with van der Waals surface area (Å²) in [7, 11) is 0. The predicted molar refractivity (Wildman–Crippen MR) is 133 cm³/mol. The SMILES string of the molecule is CCCC(C)C(C)OC(=O)CC(O)(CC(=O)OC(C)C(C)CCC)C(=O)OC(C)C(C)CCC. The lowest BCUT2D eigenvalue weighted by molar-refractivity contribution is -0.185. The second-order valence-electron chi connectivity index (χ2n) is 10.2. The maximum absolute atomic E-state index is 13.0. The third-order valence-corrected chi connectivity index (χ3v) is 6.82. The second kappa shape index (κ2) is 16.1. The minimum atomic E-state index is -2.35. The van der Waals surface area contributed by atoms with Gasteiger partial charge in [-0.2, -0.15) is 0 Å². The zero-order valence-corrected chi connectivity index (χ0v) is 23.0. The van der Waals surface area contributed by atoms with Crippen LogP contribution in [0.2, 0.25) is 0 Å². The number of rotatable bonds is 17. The molecule has 7 nitrogen and oxygen atoms in total. The summed E-state index contributed by atoms with van der Waals surface area (Å²) in [6.45, 7) is 17.4. The van der Waals surface area contributed by atoms with Crippen LogP contribution in [0.4, 0.5) is 0 Å². The molecule has 200 valence electrons. The van der Waals surface area contributed by atoms with Crippen molar-refractivity contribution in [1.82, 2.24) is 0 Å². The Kier molecular flexibility index (Phi) is 15.3. The summed E-state index contributed by atoms with van der Waals surface area (Å²) in [6.07, 6.45) is 2.87. The van der Waals surface area contributed by atoms with E-state index in [0.717, 1.165) is 38.5 Å². The van der Waals surface area contributed by atoms with Crippen molar-refractivity contribution in [2.24, 2.45) is 17.8 Å². The van der Waals surface area contributed by atoms with Crippen molar-refractivity contribution in [2.45, 2.75) is 138 Å². The smallest absolute Gasteiger partial charge is 0.339 e. The molecular formula is C27H50O7. The molecular weight excluding hydrogens is 436 g/mol. The van der Waals surface area contributed by atoms with E-state index < -0.39 is 42.5 Å². The number of ether oxygens (including phenoxy) is 3. The molecule has 0 rings (SSSR count). The highest BCUT2D eigenvalue weighted by Crippen LogP contribution is 2.25. The molecule has 0 bridgehead atoms. The van der Waals surface area contributed by atoms with Crippen LogP contribution >= 0.6 is 0 Å². The summed E-state index contributed by atoms with van der Waals surface area (Å²) in [5, 5.41) is 11.2. The van der Waals surface area contributed by atoms with Crippen molar-refractivity contribution in [3.8, 4) is 0 Å². The lowest BCUT2D eigenvalue weighted by Crippen LogP contribution is -2.47. The minimum absolute atomic E-state index is 0.0712. The number of hydrogen-bond acceptors (Lipinski definition) is 7. The maximum atomic E-state index is 13.0.